The number of pyridine rings is 2. The quantitative estimate of drug-likeness (QED) is 0.436. The van der Waals surface area contributed by atoms with Gasteiger partial charge in [0.2, 0.25) is 0 Å². The largest absolute Gasteiger partial charge is 0.354 e. The summed E-state index contributed by atoms with van der Waals surface area (Å²) in [4.78, 5) is 20.5. The van der Waals surface area contributed by atoms with Gasteiger partial charge in [-0.1, -0.05) is 72.8 Å². The first-order valence-corrected chi connectivity index (χ1v) is 10.4. The van der Waals surface area contributed by atoms with Gasteiger partial charge in [0.1, 0.15) is 5.82 Å². The SMILES string of the molecule is [NH3+]Cc1ccc(-c2nc3c(-c4ccccc4F)c[nH]c(=O)c3cc2-c2ccccc2)cc1. The number of hydrogen-bond acceptors (Lipinski definition) is 2. The van der Waals surface area contributed by atoms with Crippen molar-refractivity contribution in [3.05, 3.63) is 113 Å². The van der Waals surface area contributed by atoms with Crippen LogP contribution in [0.25, 0.3) is 44.4 Å². The smallest absolute Gasteiger partial charge is 0.257 e. The third-order valence-corrected chi connectivity index (χ3v) is 5.63. The topological polar surface area (TPSA) is 73.4 Å². The summed E-state index contributed by atoms with van der Waals surface area (Å²) < 4.78 is 14.6. The molecular formula is C27H21FN3O+. The van der Waals surface area contributed by atoms with Crippen LogP contribution in [-0.4, -0.2) is 9.97 Å². The maximum Gasteiger partial charge on any atom is 0.257 e. The van der Waals surface area contributed by atoms with Crippen LogP contribution in [0.4, 0.5) is 4.39 Å². The van der Waals surface area contributed by atoms with Crippen LogP contribution in [0.2, 0.25) is 0 Å². The number of aromatic nitrogens is 2. The van der Waals surface area contributed by atoms with Crippen molar-refractivity contribution in [3.63, 3.8) is 0 Å². The van der Waals surface area contributed by atoms with E-state index in [4.69, 9.17) is 4.98 Å². The van der Waals surface area contributed by atoms with Gasteiger partial charge in [-0.25, -0.2) is 9.37 Å². The summed E-state index contributed by atoms with van der Waals surface area (Å²) in [5, 5.41) is 0.419. The molecule has 4 N–H and O–H groups in total. The van der Waals surface area contributed by atoms with Crippen molar-refractivity contribution >= 4 is 10.9 Å². The molecule has 0 atom stereocenters. The van der Waals surface area contributed by atoms with Crippen molar-refractivity contribution < 1.29 is 10.1 Å². The van der Waals surface area contributed by atoms with E-state index in [0.29, 0.717) is 28.6 Å². The molecule has 156 valence electrons. The molecule has 5 rings (SSSR count). The van der Waals surface area contributed by atoms with Crippen LogP contribution in [0, 0.1) is 5.82 Å². The van der Waals surface area contributed by atoms with E-state index in [-0.39, 0.29) is 11.4 Å². The molecule has 4 nitrogen and oxygen atoms in total. The van der Waals surface area contributed by atoms with Gasteiger partial charge in [0.05, 0.1) is 23.1 Å². The molecule has 0 aliphatic rings. The first kappa shape index (κ1) is 19.8. The lowest BCUT2D eigenvalue weighted by molar-refractivity contribution is -0.386. The van der Waals surface area contributed by atoms with E-state index in [0.717, 1.165) is 27.9 Å². The van der Waals surface area contributed by atoms with Gasteiger partial charge >= 0.3 is 0 Å². The first-order valence-electron chi connectivity index (χ1n) is 10.4. The zero-order valence-electron chi connectivity index (χ0n) is 17.3. The molecule has 0 saturated carbocycles. The van der Waals surface area contributed by atoms with E-state index in [2.05, 4.69) is 10.7 Å². The van der Waals surface area contributed by atoms with Crippen molar-refractivity contribution in [2.24, 2.45) is 0 Å². The van der Waals surface area contributed by atoms with E-state index in [1.165, 1.54) is 12.3 Å². The lowest BCUT2D eigenvalue weighted by Crippen LogP contribution is -2.47. The highest BCUT2D eigenvalue weighted by atomic mass is 19.1. The van der Waals surface area contributed by atoms with Gasteiger partial charge in [-0.05, 0) is 17.7 Å². The summed E-state index contributed by atoms with van der Waals surface area (Å²) in [7, 11) is 0. The van der Waals surface area contributed by atoms with Crippen molar-refractivity contribution in [3.8, 4) is 33.5 Å². The van der Waals surface area contributed by atoms with Crippen molar-refractivity contribution in [2.45, 2.75) is 6.54 Å². The number of H-pyrrole nitrogens is 1. The fraction of sp³-hybridized carbons (Fsp3) is 0.0370. The first-order chi connectivity index (χ1) is 15.7. The zero-order chi connectivity index (χ0) is 22.1. The summed E-state index contributed by atoms with van der Waals surface area (Å²) in [5.41, 5.74) is 9.67. The van der Waals surface area contributed by atoms with Crippen molar-refractivity contribution in [1.29, 1.82) is 0 Å². The standard InChI is InChI=1S/C27H20FN3O/c28-24-9-5-4-8-20(24)23-16-30-27(32)22-14-21(18-6-2-1-3-7-18)25(31-26(22)23)19-12-10-17(15-29)11-13-19/h1-14,16H,15,29H2,(H,30,32)/p+1. The molecule has 0 saturated heterocycles. The van der Waals surface area contributed by atoms with Crippen molar-refractivity contribution in [1.82, 2.24) is 9.97 Å². The Bertz CT molecular complexity index is 1480. The molecule has 0 amide bonds. The molecule has 0 spiro atoms. The Morgan fingerprint density at radius 2 is 1.53 bits per heavy atom. The highest BCUT2D eigenvalue weighted by Crippen LogP contribution is 2.35. The van der Waals surface area contributed by atoms with E-state index >= 15 is 0 Å². The fourth-order valence-electron chi connectivity index (χ4n) is 3.95. The third-order valence-electron chi connectivity index (χ3n) is 5.63. The molecule has 3 aromatic carbocycles. The van der Waals surface area contributed by atoms with E-state index in [9.17, 15) is 9.18 Å². The average Bonchev–Trinajstić information content (AvgIpc) is 2.85. The second-order valence-electron chi connectivity index (χ2n) is 7.60. The van der Waals surface area contributed by atoms with Crippen LogP contribution in [0.15, 0.2) is 95.9 Å². The van der Waals surface area contributed by atoms with E-state index in [1.807, 2.05) is 60.7 Å². The highest BCUT2D eigenvalue weighted by Gasteiger charge is 2.17. The molecular weight excluding hydrogens is 401 g/mol. The number of halogens is 1. The van der Waals surface area contributed by atoms with Crippen LogP contribution in [0.3, 0.4) is 0 Å². The summed E-state index contributed by atoms with van der Waals surface area (Å²) in [6.45, 7) is 0.698. The van der Waals surface area contributed by atoms with Crippen LogP contribution in [0.1, 0.15) is 5.56 Å². The maximum absolute atomic E-state index is 14.6. The number of benzene rings is 3. The molecule has 32 heavy (non-hydrogen) atoms. The number of rotatable bonds is 4. The second-order valence-corrected chi connectivity index (χ2v) is 7.60. The summed E-state index contributed by atoms with van der Waals surface area (Å²) in [6, 6.07) is 26.3. The summed E-state index contributed by atoms with van der Waals surface area (Å²) >= 11 is 0. The molecule has 0 aliphatic heterocycles. The number of hydrogen-bond donors (Lipinski definition) is 2. The minimum Gasteiger partial charge on any atom is -0.354 e. The molecule has 0 unspecified atom stereocenters. The lowest BCUT2D eigenvalue weighted by atomic mass is 9.95. The summed E-state index contributed by atoms with van der Waals surface area (Å²) in [5.74, 6) is -0.365. The Balaban J connectivity index is 1.86. The Labute approximate surface area is 184 Å². The maximum atomic E-state index is 14.6. The molecule has 2 aromatic heterocycles. The van der Waals surface area contributed by atoms with Gasteiger partial charge in [-0.15, -0.1) is 0 Å². The predicted octanol–water partition coefficient (Wildman–Crippen LogP) is 4.81. The minimum atomic E-state index is -0.365. The van der Waals surface area contributed by atoms with Gasteiger partial charge in [0.15, 0.2) is 0 Å². The Kier molecular flexibility index (Phi) is 5.09. The minimum absolute atomic E-state index is 0.260. The fourth-order valence-corrected chi connectivity index (χ4v) is 3.95. The highest BCUT2D eigenvalue weighted by molar-refractivity contribution is 5.98. The van der Waals surface area contributed by atoms with E-state index < -0.39 is 0 Å². The Morgan fingerprint density at radius 1 is 0.812 bits per heavy atom. The number of nitrogens with one attached hydrogen (secondary N) is 1. The zero-order valence-corrected chi connectivity index (χ0v) is 17.3. The molecule has 0 radical (unpaired) electrons. The summed E-state index contributed by atoms with van der Waals surface area (Å²) in [6.07, 6.45) is 1.54. The molecule has 5 aromatic rings. The molecule has 5 heteroatoms. The molecule has 0 fully saturated rings. The lowest BCUT2D eigenvalue weighted by Gasteiger charge is -2.14. The van der Waals surface area contributed by atoms with Gasteiger partial charge in [0, 0.05) is 34.0 Å². The number of fused-ring (bicyclic) bond motifs is 1. The van der Waals surface area contributed by atoms with Crippen LogP contribution < -0.4 is 11.3 Å². The molecule has 0 aliphatic carbocycles. The predicted molar refractivity (Wildman–Crippen MR) is 125 cm³/mol. The number of quaternary nitrogens is 1. The second kappa shape index (κ2) is 8.21. The monoisotopic (exact) mass is 422 g/mol. The third kappa shape index (κ3) is 3.49. The Hall–Kier alpha value is -4.09. The number of nitrogens with zero attached hydrogens (tertiary/aromatic N) is 1. The normalized spacial score (nSPS) is 11.1. The van der Waals surface area contributed by atoms with Gasteiger partial charge in [-0.2, -0.15) is 0 Å². The van der Waals surface area contributed by atoms with Crippen LogP contribution in [0.5, 0.6) is 0 Å². The average molecular weight is 422 g/mol. The van der Waals surface area contributed by atoms with Gasteiger partial charge in [0.25, 0.3) is 5.56 Å². The molecule has 0 bridgehead atoms. The van der Waals surface area contributed by atoms with Crippen LogP contribution in [-0.2, 0) is 6.54 Å². The van der Waals surface area contributed by atoms with Crippen LogP contribution >= 0.6 is 0 Å². The number of aromatic amines is 1. The Morgan fingerprint density at radius 3 is 2.25 bits per heavy atom. The van der Waals surface area contributed by atoms with Gasteiger partial charge < -0.3 is 10.7 Å². The van der Waals surface area contributed by atoms with Crippen molar-refractivity contribution in [2.75, 3.05) is 0 Å². The van der Waals surface area contributed by atoms with E-state index in [1.54, 1.807) is 18.2 Å². The van der Waals surface area contributed by atoms with Gasteiger partial charge in [-0.3, -0.25) is 4.79 Å². The molecule has 2 heterocycles.